The maximum absolute atomic E-state index is 12.8. The van der Waals surface area contributed by atoms with Gasteiger partial charge in [-0.25, -0.2) is 4.98 Å². The van der Waals surface area contributed by atoms with Crippen LogP contribution >= 0.6 is 0 Å². The van der Waals surface area contributed by atoms with Gasteiger partial charge in [-0.15, -0.1) is 0 Å². The van der Waals surface area contributed by atoms with E-state index in [2.05, 4.69) is 19.4 Å². The number of aromatic nitrogens is 2. The molecule has 1 aromatic carbocycles. The third-order valence-electron chi connectivity index (χ3n) is 5.24. The van der Waals surface area contributed by atoms with Crippen LogP contribution < -0.4 is 10.6 Å². The Morgan fingerprint density at radius 3 is 2.65 bits per heavy atom. The van der Waals surface area contributed by atoms with Crippen molar-refractivity contribution in [1.82, 2.24) is 19.4 Å². The molecule has 0 saturated carbocycles. The zero-order valence-corrected chi connectivity index (χ0v) is 15.4. The van der Waals surface area contributed by atoms with Crippen molar-refractivity contribution >= 4 is 11.6 Å². The van der Waals surface area contributed by atoms with E-state index >= 15 is 0 Å². The van der Waals surface area contributed by atoms with Crippen LogP contribution in [0.25, 0.3) is 5.69 Å². The van der Waals surface area contributed by atoms with Gasteiger partial charge in [0, 0.05) is 36.4 Å². The average Bonchev–Trinajstić information content (AvgIpc) is 3.20. The molecule has 2 aliphatic heterocycles. The van der Waals surface area contributed by atoms with E-state index in [9.17, 15) is 4.79 Å². The van der Waals surface area contributed by atoms with E-state index in [1.807, 2.05) is 55.7 Å². The monoisotopic (exact) mass is 354 g/mol. The van der Waals surface area contributed by atoms with Crippen LogP contribution in [-0.4, -0.2) is 64.7 Å². The fourth-order valence-electron chi connectivity index (χ4n) is 3.98. The maximum Gasteiger partial charge on any atom is 0.247 e. The Morgan fingerprint density at radius 2 is 1.96 bits per heavy atom. The molecule has 0 spiro atoms. The van der Waals surface area contributed by atoms with Crippen molar-refractivity contribution in [3.63, 3.8) is 0 Å². The van der Waals surface area contributed by atoms with Crippen molar-refractivity contribution < 1.29 is 4.79 Å². The van der Waals surface area contributed by atoms with Gasteiger partial charge in [-0.3, -0.25) is 14.6 Å². The van der Waals surface area contributed by atoms with Crippen LogP contribution in [0, 0.1) is 0 Å². The van der Waals surface area contributed by atoms with Gasteiger partial charge in [0.05, 0.1) is 13.2 Å². The Hall–Kier alpha value is -2.22. The Morgan fingerprint density at radius 1 is 1.23 bits per heavy atom. The number of imidazole rings is 1. The Labute approximate surface area is 154 Å². The van der Waals surface area contributed by atoms with Crippen LogP contribution in [0.15, 0.2) is 36.7 Å². The van der Waals surface area contributed by atoms with Crippen molar-refractivity contribution in [1.29, 1.82) is 0 Å². The van der Waals surface area contributed by atoms with E-state index in [-0.39, 0.29) is 18.0 Å². The minimum Gasteiger partial charge on any atom is -0.326 e. The molecule has 2 atom stereocenters. The van der Waals surface area contributed by atoms with Gasteiger partial charge in [-0.05, 0) is 51.2 Å². The second-order valence-corrected chi connectivity index (χ2v) is 7.44. The molecule has 4 rings (SSSR count). The Balaban J connectivity index is 1.55. The first kappa shape index (κ1) is 17.2. The predicted octanol–water partition coefficient (Wildman–Crippen LogP) is 1.03. The summed E-state index contributed by atoms with van der Waals surface area (Å²) >= 11 is 0. The van der Waals surface area contributed by atoms with Crippen molar-refractivity contribution in [2.45, 2.75) is 31.5 Å². The van der Waals surface area contributed by atoms with Crippen molar-refractivity contribution in [3.05, 3.63) is 42.5 Å². The second kappa shape index (κ2) is 6.83. The second-order valence-electron chi connectivity index (χ2n) is 7.44. The summed E-state index contributed by atoms with van der Waals surface area (Å²) in [5, 5.41) is 0. The number of carbonyl (C=O) groups excluding carboxylic acids is 1. The summed E-state index contributed by atoms with van der Waals surface area (Å²) in [5.74, 6) is 1.11. The molecule has 2 fully saturated rings. The van der Waals surface area contributed by atoms with E-state index in [0.29, 0.717) is 6.67 Å². The molecular weight excluding hydrogens is 328 g/mol. The zero-order chi connectivity index (χ0) is 18.3. The molecule has 7 nitrogen and oxygen atoms in total. The van der Waals surface area contributed by atoms with Gasteiger partial charge < -0.3 is 15.2 Å². The lowest BCUT2D eigenvalue weighted by molar-refractivity contribution is -0.120. The first-order valence-electron chi connectivity index (χ1n) is 9.13. The molecule has 0 unspecified atom stereocenters. The first-order valence-corrected chi connectivity index (χ1v) is 9.13. The van der Waals surface area contributed by atoms with Gasteiger partial charge in [0.15, 0.2) is 0 Å². The SMILES string of the molecule is CN(C)Cc1nccn1-c1ccc(N2CN3CCC[C@@H](N)[C@H]3C2=O)cc1. The molecule has 2 aliphatic rings. The molecule has 1 amide bonds. The van der Waals surface area contributed by atoms with Gasteiger partial charge in [0.2, 0.25) is 5.91 Å². The molecule has 0 radical (unpaired) electrons. The molecule has 3 heterocycles. The smallest absolute Gasteiger partial charge is 0.247 e. The highest BCUT2D eigenvalue weighted by atomic mass is 16.2. The largest absolute Gasteiger partial charge is 0.326 e. The fraction of sp³-hybridized carbons (Fsp3) is 0.474. The quantitative estimate of drug-likeness (QED) is 0.888. The van der Waals surface area contributed by atoms with Gasteiger partial charge in [-0.1, -0.05) is 0 Å². The molecule has 1 aromatic heterocycles. The summed E-state index contributed by atoms with van der Waals surface area (Å²) in [6, 6.07) is 7.89. The lowest BCUT2D eigenvalue weighted by Crippen LogP contribution is -2.51. The Kier molecular flexibility index (Phi) is 4.52. The molecule has 2 N–H and O–H groups in total. The standard InChI is InChI=1S/C19H26N6O/c1-22(2)12-17-21-9-11-24(17)14-5-7-15(8-6-14)25-13-23-10-3-4-16(20)18(23)19(25)26/h5-9,11,16,18H,3-4,10,12-13,20H2,1-2H3/t16-,18+/m1/s1. The van der Waals surface area contributed by atoms with Crippen LogP contribution in [0.3, 0.4) is 0 Å². The molecule has 0 aliphatic carbocycles. The fourth-order valence-corrected chi connectivity index (χ4v) is 3.98. The van der Waals surface area contributed by atoms with E-state index in [4.69, 9.17) is 5.73 Å². The number of amides is 1. The first-order chi connectivity index (χ1) is 12.5. The summed E-state index contributed by atoms with van der Waals surface area (Å²) in [4.78, 5) is 23.4. The van der Waals surface area contributed by atoms with Gasteiger partial charge in [-0.2, -0.15) is 0 Å². The summed E-state index contributed by atoms with van der Waals surface area (Å²) < 4.78 is 2.08. The number of rotatable bonds is 4. The number of carbonyl (C=O) groups is 1. The number of anilines is 1. The van der Waals surface area contributed by atoms with Crippen LogP contribution in [0.2, 0.25) is 0 Å². The van der Waals surface area contributed by atoms with Crippen molar-refractivity contribution in [3.8, 4) is 5.69 Å². The highest BCUT2D eigenvalue weighted by Crippen LogP contribution is 2.29. The van der Waals surface area contributed by atoms with E-state index in [1.165, 1.54) is 0 Å². The number of hydrogen-bond acceptors (Lipinski definition) is 5. The van der Waals surface area contributed by atoms with Crippen molar-refractivity contribution in [2.24, 2.45) is 5.73 Å². The summed E-state index contributed by atoms with van der Waals surface area (Å²) in [5.41, 5.74) is 8.16. The summed E-state index contributed by atoms with van der Waals surface area (Å²) in [6.07, 6.45) is 5.77. The lowest BCUT2D eigenvalue weighted by Gasteiger charge is -2.31. The number of nitrogens with zero attached hydrogens (tertiary/aromatic N) is 5. The molecule has 7 heteroatoms. The van der Waals surface area contributed by atoms with E-state index in [1.54, 1.807) is 0 Å². The average molecular weight is 354 g/mol. The third-order valence-corrected chi connectivity index (χ3v) is 5.24. The van der Waals surface area contributed by atoms with Gasteiger partial charge in [0.1, 0.15) is 11.9 Å². The minimum atomic E-state index is -0.163. The lowest BCUT2D eigenvalue weighted by atomic mass is 9.98. The molecule has 0 bridgehead atoms. The molecular formula is C19H26N6O. The summed E-state index contributed by atoms with van der Waals surface area (Å²) in [7, 11) is 4.06. The maximum atomic E-state index is 12.8. The van der Waals surface area contributed by atoms with Crippen LogP contribution in [0.1, 0.15) is 18.7 Å². The van der Waals surface area contributed by atoms with Gasteiger partial charge >= 0.3 is 0 Å². The normalized spacial score (nSPS) is 23.7. The van der Waals surface area contributed by atoms with Crippen LogP contribution in [0.5, 0.6) is 0 Å². The zero-order valence-electron chi connectivity index (χ0n) is 15.4. The van der Waals surface area contributed by atoms with E-state index < -0.39 is 0 Å². The summed E-state index contributed by atoms with van der Waals surface area (Å²) in [6.45, 7) is 2.35. The highest BCUT2D eigenvalue weighted by Gasteiger charge is 2.44. The van der Waals surface area contributed by atoms with Crippen molar-refractivity contribution in [2.75, 3.05) is 32.2 Å². The predicted molar refractivity (Wildman–Crippen MR) is 101 cm³/mol. The van der Waals surface area contributed by atoms with Crippen LogP contribution in [0.4, 0.5) is 5.69 Å². The number of piperidine rings is 1. The third kappa shape index (κ3) is 3.02. The minimum absolute atomic E-state index is 0.0555. The molecule has 2 aromatic rings. The van der Waals surface area contributed by atoms with Crippen LogP contribution in [-0.2, 0) is 11.3 Å². The number of nitrogens with two attached hydrogens (primary N) is 1. The number of hydrogen-bond donors (Lipinski definition) is 1. The molecule has 26 heavy (non-hydrogen) atoms. The van der Waals surface area contributed by atoms with E-state index in [0.717, 1.165) is 43.1 Å². The number of benzene rings is 1. The highest BCUT2D eigenvalue weighted by molar-refractivity contribution is 5.99. The molecule has 138 valence electrons. The number of fused-ring (bicyclic) bond motifs is 1. The Bertz CT molecular complexity index is 784. The van der Waals surface area contributed by atoms with Gasteiger partial charge in [0.25, 0.3) is 0 Å². The molecule has 2 saturated heterocycles. The topological polar surface area (TPSA) is 70.6 Å².